The van der Waals surface area contributed by atoms with Crippen LogP contribution in [0.2, 0.25) is 0 Å². The summed E-state index contributed by atoms with van der Waals surface area (Å²) in [5.74, 6) is 0.311. The lowest BCUT2D eigenvalue weighted by molar-refractivity contribution is -0.120. The van der Waals surface area contributed by atoms with Crippen molar-refractivity contribution in [2.45, 2.75) is 45.6 Å². The maximum Gasteiger partial charge on any atom is 0.230 e. The first kappa shape index (κ1) is 11.8. The molecule has 0 fully saturated rings. The van der Waals surface area contributed by atoms with Gasteiger partial charge < -0.3 is 5.32 Å². The lowest BCUT2D eigenvalue weighted by atomic mass is 9.90. The topological polar surface area (TPSA) is 29.1 Å². The highest BCUT2D eigenvalue weighted by Crippen LogP contribution is 2.18. The van der Waals surface area contributed by atoms with Crippen molar-refractivity contribution in [2.24, 2.45) is 0 Å². The van der Waals surface area contributed by atoms with Gasteiger partial charge in [0.05, 0.1) is 5.75 Å². The third-order valence-corrected chi connectivity index (χ3v) is 2.87. The fourth-order valence-electron chi connectivity index (χ4n) is 1.35. The summed E-state index contributed by atoms with van der Waals surface area (Å²) in [6.07, 6.45) is 2.96. The predicted molar refractivity (Wildman–Crippen MR) is 55.6 cm³/mol. The highest BCUT2D eigenvalue weighted by atomic mass is 32.1. The average Bonchev–Trinajstić information content (AvgIpc) is 2.14. The van der Waals surface area contributed by atoms with Gasteiger partial charge in [-0.1, -0.05) is 20.8 Å². The van der Waals surface area contributed by atoms with E-state index >= 15 is 0 Å². The van der Waals surface area contributed by atoms with Crippen molar-refractivity contribution in [1.29, 1.82) is 0 Å². The van der Waals surface area contributed by atoms with Crippen LogP contribution in [0, 0.1) is 0 Å². The van der Waals surface area contributed by atoms with Gasteiger partial charge in [-0.05, 0) is 19.3 Å². The van der Waals surface area contributed by atoms with E-state index in [0.717, 1.165) is 19.3 Å². The van der Waals surface area contributed by atoms with Crippen LogP contribution in [-0.4, -0.2) is 17.2 Å². The van der Waals surface area contributed by atoms with E-state index in [2.05, 4.69) is 38.7 Å². The average molecular weight is 189 g/mol. The summed E-state index contributed by atoms with van der Waals surface area (Å²) in [5, 5.41) is 3.01. The molecule has 0 aromatic heterocycles. The largest absolute Gasteiger partial charge is 0.350 e. The van der Waals surface area contributed by atoms with Crippen LogP contribution in [0.15, 0.2) is 0 Å². The van der Waals surface area contributed by atoms with Gasteiger partial charge in [0.1, 0.15) is 0 Å². The Bertz CT molecular complexity index is 135. The van der Waals surface area contributed by atoms with Crippen LogP contribution in [-0.2, 0) is 4.79 Å². The van der Waals surface area contributed by atoms with Crippen LogP contribution in [0.3, 0.4) is 0 Å². The normalized spacial score (nSPS) is 11.3. The highest BCUT2D eigenvalue weighted by Gasteiger charge is 2.24. The first-order chi connectivity index (χ1) is 5.64. The third-order valence-electron chi connectivity index (χ3n) is 2.58. The Kier molecular flexibility index (Phi) is 5.38. The number of nitrogens with one attached hydrogen (secondary N) is 1. The smallest absolute Gasteiger partial charge is 0.230 e. The number of hydrogen-bond donors (Lipinski definition) is 2. The molecule has 3 heteroatoms. The zero-order chi connectivity index (χ0) is 9.61. The molecule has 1 N–H and O–H groups in total. The molecule has 0 atom stereocenters. The Morgan fingerprint density at radius 1 is 1.25 bits per heavy atom. The molecule has 0 aliphatic rings. The van der Waals surface area contributed by atoms with Gasteiger partial charge in [0.15, 0.2) is 0 Å². The number of hydrogen-bond acceptors (Lipinski definition) is 2. The van der Waals surface area contributed by atoms with Crippen LogP contribution in [0.25, 0.3) is 0 Å². The molecule has 0 aliphatic carbocycles. The van der Waals surface area contributed by atoms with E-state index < -0.39 is 0 Å². The lowest BCUT2D eigenvalue weighted by Crippen LogP contribution is -2.47. The number of amides is 1. The maximum atomic E-state index is 11.1. The molecule has 0 spiro atoms. The van der Waals surface area contributed by atoms with Crippen molar-refractivity contribution in [3.63, 3.8) is 0 Å². The molecule has 0 aromatic rings. The van der Waals surface area contributed by atoms with Crippen LogP contribution < -0.4 is 5.32 Å². The number of thiol groups is 1. The summed E-state index contributed by atoms with van der Waals surface area (Å²) in [6.45, 7) is 6.31. The number of rotatable bonds is 5. The Morgan fingerprint density at radius 3 is 1.92 bits per heavy atom. The molecule has 0 bridgehead atoms. The van der Waals surface area contributed by atoms with E-state index in [4.69, 9.17) is 0 Å². The summed E-state index contributed by atoms with van der Waals surface area (Å²) in [4.78, 5) is 11.1. The Morgan fingerprint density at radius 2 is 1.67 bits per heavy atom. The van der Waals surface area contributed by atoms with Gasteiger partial charge in [0.25, 0.3) is 0 Å². The predicted octanol–water partition coefficient (Wildman–Crippen LogP) is 2.00. The second-order valence-corrected chi connectivity index (χ2v) is 3.36. The molecule has 0 radical (unpaired) electrons. The third kappa shape index (κ3) is 3.05. The van der Waals surface area contributed by atoms with Crippen molar-refractivity contribution in [3.05, 3.63) is 0 Å². The van der Waals surface area contributed by atoms with Gasteiger partial charge in [0, 0.05) is 5.54 Å². The second kappa shape index (κ2) is 5.46. The Labute approximate surface area is 80.5 Å². The molecule has 72 valence electrons. The zero-order valence-corrected chi connectivity index (χ0v) is 9.08. The molecule has 1 amide bonds. The Balaban J connectivity index is 4.19. The number of carbonyl (C=O) groups excluding carboxylic acids is 1. The van der Waals surface area contributed by atoms with Crippen molar-refractivity contribution in [3.8, 4) is 0 Å². The molecule has 0 aliphatic heterocycles. The van der Waals surface area contributed by atoms with Crippen LogP contribution in [0.5, 0.6) is 0 Å². The standard InChI is InChI=1S/C9H19NOS/c1-4-9(5-2,6-3)10-8(11)7-12/h12H,4-7H2,1-3H3,(H,10,11). The Hall–Kier alpha value is -0.180. The summed E-state index contributed by atoms with van der Waals surface area (Å²) in [7, 11) is 0. The monoisotopic (exact) mass is 189 g/mol. The first-order valence-corrected chi connectivity index (χ1v) is 5.19. The fourth-order valence-corrected chi connectivity index (χ4v) is 1.43. The molecule has 0 saturated heterocycles. The minimum Gasteiger partial charge on any atom is -0.350 e. The molecule has 0 unspecified atom stereocenters. The summed E-state index contributed by atoms with van der Waals surface area (Å²) >= 11 is 3.93. The van der Waals surface area contributed by atoms with Gasteiger partial charge in [-0.2, -0.15) is 12.6 Å². The van der Waals surface area contributed by atoms with E-state index in [0.29, 0.717) is 0 Å². The second-order valence-electron chi connectivity index (χ2n) is 3.05. The summed E-state index contributed by atoms with van der Waals surface area (Å²) < 4.78 is 0. The van der Waals surface area contributed by atoms with Gasteiger partial charge in [-0.25, -0.2) is 0 Å². The van der Waals surface area contributed by atoms with Crippen molar-refractivity contribution in [1.82, 2.24) is 5.32 Å². The van der Waals surface area contributed by atoms with E-state index in [1.165, 1.54) is 0 Å². The van der Waals surface area contributed by atoms with E-state index in [9.17, 15) is 4.79 Å². The van der Waals surface area contributed by atoms with Crippen LogP contribution >= 0.6 is 12.6 Å². The summed E-state index contributed by atoms with van der Waals surface area (Å²) in [6, 6.07) is 0. The van der Waals surface area contributed by atoms with E-state index in [-0.39, 0.29) is 17.2 Å². The molecule has 0 rings (SSSR count). The highest BCUT2D eigenvalue weighted by molar-refractivity contribution is 7.81. The van der Waals surface area contributed by atoms with Crippen LogP contribution in [0.4, 0.5) is 0 Å². The van der Waals surface area contributed by atoms with Gasteiger partial charge >= 0.3 is 0 Å². The maximum absolute atomic E-state index is 11.1. The quantitative estimate of drug-likeness (QED) is 0.636. The van der Waals surface area contributed by atoms with E-state index in [1.807, 2.05) is 0 Å². The van der Waals surface area contributed by atoms with Crippen molar-refractivity contribution < 1.29 is 4.79 Å². The molecule has 12 heavy (non-hydrogen) atoms. The molecule has 2 nitrogen and oxygen atoms in total. The SMILES string of the molecule is CCC(CC)(CC)NC(=O)CS. The summed E-state index contributed by atoms with van der Waals surface area (Å²) in [5.41, 5.74) is -0.000185. The minimum atomic E-state index is -0.000185. The fraction of sp³-hybridized carbons (Fsp3) is 0.889. The first-order valence-electron chi connectivity index (χ1n) is 4.56. The van der Waals surface area contributed by atoms with Gasteiger partial charge in [-0.15, -0.1) is 0 Å². The van der Waals surface area contributed by atoms with Crippen LogP contribution in [0.1, 0.15) is 40.0 Å². The molecule has 0 aromatic carbocycles. The molecule has 0 heterocycles. The molecule has 0 saturated carbocycles. The minimum absolute atomic E-state index is 0.000185. The molecular formula is C9H19NOS. The zero-order valence-electron chi connectivity index (χ0n) is 8.18. The van der Waals surface area contributed by atoms with E-state index in [1.54, 1.807) is 0 Å². The van der Waals surface area contributed by atoms with Gasteiger partial charge in [0.2, 0.25) is 5.91 Å². The van der Waals surface area contributed by atoms with Crippen molar-refractivity contribution in [2.75, 3.05) is 5.75 Å². The van der Waals surface area contributed by atoms with Crippen molar-refractivity contribution >= 4 is 18.5 Å². The lowest BCUT2D eigenvalue weighted by Gasteiger charge is -2.31. The van der Waals surface area contributed by atoms with Gasteiger partial charge in [-0.3, -0.25) is 4.79 Å². The number of carbonyl (C=O) groups is 1. The molecular weight excluding hydrogens is 170 g/mol.